The highest BCUT2D eigenvalue weighted by Gasteiger charge is 2.14. The van der Waals surface area contributed by atoms with Gasteiger partial charge in [0, 0.05) is 25.3 Å². The summed E-state index contributed by atoms with van der Waals surface area (Å²) in [5, 5.41) is 18.1. The molecule has 0 heterocycles. The van der Waals surface area contributed by atoms with Crippen LogP contribution in [0.1, 0.15) is 6.42 Å². The summed E-state index contributed by atoms with van der Waals surface area (Å²) < 4.78 is 17.9. The number of carbonyl (C=O) groups is 1. The molecule has 0 bridgehead atoms. The lowest BCUT2D eigenvalue weighted by atomic mass is 10.3. The minimum absolute atomic E-state index is 0.0643. The summed E-state index contributed by atoms with van der Waals surface area (Å²) in [5.74, 6) is -0.368. The van der Waals surface area contributed by atoms with Crippen LogP contribution in [0.5, 0.6) is 5.75 Å². The first-order valence-corrected chi connectivity index (χ1v) is 8.66. The molecule has 7 nitrogen and oxygen atoms in total. The standard InChI is InChI=1S/C17H19N3O4S/c1-20(2)19-18-13-3-7-15(8-4-13)25(23)16-9-5-14(6-10-16)24-12-11-17(21)22/h3-10H,11-12H2,1-2H3,(H,21,22). The minimum atomic E-state index is -1.32. The van der Waals surface area contributed by atoms with E-state index in [9.17, 15) is 9.35 Å². The molecular formula is C17H19N3O4S. The van der Waals surface area contributed by atoms with E-state index in [0.717, 1.165) is 0 Å². The van der Waals surface area contributed by atoms with Crippen molar-refractivity contribution in [1.29, 1.82) is 0 Å². The van der Waals surface area contributed by atoms with Crippen molar-refractivity contribution in [1.82, 2.24) is 5.01 Å². The zero-order chi connectivity index (χ0) is 18.2. The number of nitrogens with zero attached hydrogens (tertiary/aromatic N) is 3. The van der Waals surface area contributed by atoms with E-state index in [1.807, 2.05) is 0 Å². The van der Waals surface area contributed by atoms with Crippen LogP contribution in [-0.4, -0.2) is 41.3 Å². The normalized spacial score (nSPS) is 12.1. The molecule has 1 N–H and O–H groups in total. The van der Waals surface area contributed by atoms with E-state index in [1.165, 1.54) is 0 Å². The van der Waals surface area contributed by atoms with Gasteiger partial charge in [-0.2, -0.15) is 0 Å². The van der Waals surface area contributed by atoms with E-state index in [4.69, 9.17) is 9.84 Å². The lowest BCUT2D eigenvalue weighted by molar-refractivity contribution is -0.137. The molecule has 0 aliphatic heterocycles. The van der Waals surface area contributed by atoms with Gasteiger partial charge in [-0.15, -0.1) is 5.11 Å². The van der Waals surface area contributed by atoms with Crippen LogP contribution in [0.25, 0.3) is 0 Å². The first kappa shape index (κ1) is 18.8. The topological polar surface area (TPSA) is 97.5 Å². The highest BCUT2D eigenvalue weighted by atomic mass is 32.2. The molecule has 25 heavy (non-hydrogen) atoms. The predicted molar refractivity (Wildman–Crippen MR) is 93.5 cm³/mol. The van der Waals surface area contributed by atoms with Crippen molar-refractivity contribution in [3.05, 3.63) is 48.5 Å². The number of aliphatic carboxylic acids is 1. The number of ether oxygens (including phenoxy) is 1. The van der Waals surface area contributed by atoms with Crippen molar-refractivity contribution in [3.63, 3.8) is 0 Å². The summed E-state index contributed by atoms with van der Waals surface area (Å²) >= 11 is -1.32. The first-order valence-electron chi connectivity index (χ1n) is 7.51. The summed E-state index contributed by atoms with van der Waals surface area (Å²) in [4.78, 5) is 11.7. The molecule has 132 valence electrons. The van der Waals surface area contributed by atoms with Crippen LogP contribution in [0.15, 0.2) is 68.7 Å². The minimum Gasteiger partial charge on any atom is -0.606 e. The smallest absolute Gasteiger partial charge is 0.306 e. The molecule has 0 radical (unpaired) electrons. The van der Waals surface area contributed by atoms with Gasteiger partial charge in [0.25, 0.3) is 0 Å². The molecular weight excluding hydrogens is 342 g/mol. The SMILES string of the molecule is CN(C)N=Nc1ccc([S+]([O-])c2ccc(OCCC(=O)O)cc2)cc1. The first-order chi connectivity index (χ1) is 12.0. The fourth-order valence-corrected chi connectivity index (χ4v) is 2.87. The fraction of sp³-hybridized carbons (Fsp3) is 0.235. The number of carboxylic acid groups (broad SMARTS) is 1. The Bertz CT molecular complexity index is 718. The average molecular weight is 361 g/mol. The maximum absolute atomic E-state index is 12.6. The summed E-state index contributed by atoms with van der Waals surface area (Å²) in [6.45, 7) is 0.0979. The summed E-state index contributed by atoms with van der Waals surface area (Å²) in [6, 6.07) is 13.8. The molecule has 0 fully saturated rings. The second-order valence-electron chi connectivity index (χ2n) is 5.26. The predicted octanol–water partition coefficient (Wildman–Crippen LogP) is 3.27. The molecule has 2 aromatic carbocycles. The molecule has 2 rings (SSSR count). The van der Waals surface area contributed by atoms with Crippen molar-refractivity contribution in [2.75, 3.05) is 20.7 Å². The second-order valence-corrected chi connectivity index (χ2v) is 6.74. The van der Waals surface area contributed by atoms with Crippen molar-refractivity contribution < 1.29 is 19.2 Å². The van der Waals surface area contributed by atoms with Gasteiger partial charge < -0.3 is 14.4 Å². The maximum Gasteiger partial charge on any atom is 0.306 e. The Kier molecular flexibility index (Phi) is 6.79. The molecule has 1 unspecified atom stereocenters. The van der Waals surface area contributed by atoms with Crippen LogP contribution in [0, 0.1) is 0 Å². The van der Waals surface area contributed by atoms with Crippen LogP contribution in [0.4, 0.5) is 5.69 Å². The van der Waals surface area contributed by atoms with Gasteiger partial charge in [-0.1, -0.05) is 5.22 Å². The van der Waals surface area contributed by atoms with Gasteiger partial charge in [-0.3, -0.25) is 9.80 Å². The monoisotopic (exact) mass is 361 g/mol. The summed E-state index contributed by atoms with van der Waals surface area (Å²) in [5.41, 5.74) is 0.677. The van der Waals surface area contributed by atoms with Crippen LogP contribution >= 0.6 is 0 Å². The average Bonchev–Trinajstić information content (AvgIpc) is 2.60. The maximum atomic E-state index is 12.6. The van der Waals surface area contributed by atoms with Gasteiger partial charge in [0.05, 0.1) is 18.7 Å². The fourth-order valence-electron chi connectivity index (χ4n) is 1.83. The van der Waals surface area contributed by atoms with E-state index in [-0.39, 0.29) is 13.0 Å². The van der Waals surface area contributed by atoms with E-state index in [2.05, 4.69) is 10.3 Å². The third kappa shape index (κ3) is 6.09. The zero-order valence-electron chi connectivity index (χ0n) is 14.0. The van der Waals surface area contributed by atoms with Gasteiger partial charge in [0.15, 0.2) is 9.79 Å². The van der Waals surface area contributed by atoms with Crippen molar-refractivity contribution in [2.45, 2.75) is 16.2 Å². The van der Waals surface area contributed by atoms with Gasteiger partial charge in [0.2, 0.25) is 0 Å². The quantitative estimate of drug-likeness (QED) is 0.442. The van der Waals surface area contributed by atoms with Gasteiger partial charge in [0.1, 0.15) is 5.75 Å². The molecule has 0 saturated heterocycles. The highest BCUT2D eigenvalue weighted by Crippen LogP contribution is 2.25. The summed E-state index contributed by atoms with van der Waals surface area (Å²) in [6.07, 6.45) is -0.0643. The lowest BCUT2D eigenvalue weighted by Crippen LogP contribution is -2.05. The van der Waals surface area contributed by atoms with E-state index in [1.54, 1.807) is 67.6 Å². The Morgan fingerprint density at radius 2 is 1.68 bits per heavy atom. The van der Waals surface area contributed by atoms with Crippen LogP contribution in [-0.2, 0) is 16.0 Å². The highest BCUT2D eigenvalue weighted by molar-refractivity contribution is 7.91. The molecule has 0 aliphatic rings. The molecule has 0 amide bonds. The zero-order valence-corrected chi connectivity index (χ0v) is 14.8. The lowest BCUT2D eigenvalue weighted by Gasteiger charge is -2.11. The molecule has 0 aromatic heterocycles. The Morgan fingerprint density at radius 1 is 1.12 bits per heavy atom. The Labute approximate surface area is 149 Å². The van der Waals surface area contributed by atoms with Crippen molar-refractivity contribution >= 4 is 22.8 Å². The van der Waals surface area contributed by atoms with Crippen LogP contribution < -0.4 is 4.74 Å². The third-order valence-corrected chi connectivity index (χ3v) is 4.41. The molecule has 0 saturated carbocycles. The Hall–Kier alpha value is -2.58. The van der Waals surface area contributed by atoms with Crippen molar-refractivity contribution in [3.8, 4) is 5.75 Å². The molecule has 0 aliphatic carbocycles. The van der Waals surface area contributed by atoms with Gasteiger partial charge in [-0.05, 0) is 48.5 Å². The van der Waals surface area contributed by atoms with Gasteiger partial charge in [-0.25, -0.2) is 0 Å². The number of hydrogen-bond acceptors (Lipinski definition) is 5. The van der Waals surface area contributed by atoms with Crippen LogP contribution in [0.2, 0.25) is 0 Å². The summed E-state index contributed by atoms with van der Waals surface area (Å²) in [7, 11) is 3.56. The number of rotatable bonds is 8. The van der Waals surface area contributed by atoms with Crippen molar-refractivity contribution in [2.24, 2.45) is 10.3 Å². The molecule has 2 aromatic rings. The van der Waals surface area contributed by atoms with E-state index < -0.39 is 17.1 Å². The third-order valence-electron chi connectivity index (χ3n) is 3.01. The number of carboxylic acids is 1. The molecule has 1 atom stereocenters. The Morgan fingerprint density at radius 3 is 2.20 bits per heavy atom. The van der Waals surface area contributed by atoms with Crippen LogP contribution in [0.3, 0.4) is 0 Å². The number of hydrogen-bond donors (Lipinski definition) is 1. The largest absolute Gasteiger partial charge is 0.606 e. The van der Waals surface area contributed by atoms with E-state index >= 15 is 0 Å². The van der Waals surface area contributed by atoms with E-state index in [0.29, 0.717) is 21.2 Å². The second kappa shape index (κ2) is 9.05. The molecule has 0 spiro atoms. The molecule has 8 heteroatoms. The van der Waals surface area contributed by atoms with Gasteiger partial charge >= 0.3 is 5.97 Å². The Balaban J connectivity index is 1.99. The number of benzene rings is 2.